The normalized spacial score (nSPS) is 15.7. The third kappa shape index (κ3) is 2.47. The van der Waals surface area contributed by atoms with Crippen molar-refractivity contribution in [3.8, 4) is 0 Å². The van der Waals surface area contributed by atoms with Crippen molar-refractivity contribution < 1.29 is 14.4 Å². The average molecular weight is 250 g/mol. The number of carbonyl (C=O) groups excluding carboxylic acids is 3. The standard InChI is InChI=1S/C11H10N2O3S/c14-9-5-13(6-10(15)12-9)11(16)7-3-1-2-4-8(7)17/h1-4,17H,5-6H2,(H,12,14,15). The summed E-state index contributed by atoms with van der Waals surface area (Å²) in [7, 11) is 0. The van der Waals surface area contributed by atoms with E-state index in [-0.39, 0.29) is 19.0 Å². The minimum atomic E-state index is -0.466. The minimum Gasteiger partial charge on any atom is -0.320 e. The number of piperazine rings is 1. The number of benzene rings is 1. The molecular formula is C11H10N2O3S. The van der Waals surface area contributed by atoms with Crippen LogP contribution in [0, 0.1) is 0 Å². The molecule has 1 aromatic rings. The molecule has 0 spiro atoms. The number of thiol groups is 1. The van der Waals surface area contributed by atoms with Gasteiger partial charge in [0.25, 0.3) is 5.91 Å². The van der Waals surface area contributed by atoms with Crippen LogP contribution in [-0.4, -0.2) is 35.7 Å². The second-order valence-corrected chi connectivity index (χ2v) is 4.13. The summed E-state index contributed by atoms with van der Waals surface area (Å²) in [6, 6.07) is 6.76. The summed E-state index contributed by atoms with van der Waals surface area (Å²) in [5.41, 5.74) is 0.387. The summed E-state index contributed by atoms with van der Waals surface area (Å²) in [5.74, 6) is -1.30. The van der Waals surface area contributed by atoms with Gasteiger partial charge in [0.15, 0.2) is 0 Å². The minimum absolute atomic E-state index is 0.104. The molecule has 2 rings (SSSR count). The predicted octanol–water partition coefficient (Wildman–Crippen LogP) is 0.0739. The highest BCUT2D eigenvalue weighted by atomic mass is 32.1. The first-order chi connectivity index (χ1) is 8.08. The number of nitrogens with zero attached hydrogens (tertiary/aromatic N) is 1. The first-order valence-electron chi connectivity index (χ1n) is 4.98. The molecule has 0 saturated carbocycles. The van der Waals surface area contributed by atoms with Crippen molar-refractivity contribution in [2.24, 2.45) is 0 Å². The SMILES string of the molecule is O=C1CN(C(=O)c2ccccc2S)CC(=O)N1. The molecule has 0 bridgehead atoms. The molecule has 3 amide bonds. The fraction of sp³-hybridized carbons (Fsp3) is 0.182. The number of rotatable bonds is 1. The molecule has 0 atom stereocenters. The number of imide groups is 1. The lowest BCUT2D eigenvalue weighted by atomic mass is 10.2. The molecule has 17 heavy (non-hydrogen) atoms. The third-order valence-electron chi connectivity index (χ3n) is 2.37. The summed E-state index contributed by atoms with van der Waals surface area (Å²) in [5, 5.41) is 2.14. The van der Waals surface area contributed by atoms with Gasteiger partial charge in [-0.25, -0.2) is 0 Å². The summed E-state index contributed by atoms with van der Waals surface area (Å²) in [6.45, 7) is -0.209. The van der Waals surface area contributed by atoms with Crippen LogP contribution < -0.4 is 5.32 Å². The largest absolute Gasteiger partial charge is 0.320 e. The van der Waals surface area contributed by atoms with E-state index in [4.69, 9.17) is 0 Å². The Bertz CT molecular complexity index is 485. The molecule has 88 valence electrons. The Kier molecular flexibility index (Phi) is 3.14. The zero-order valence-corrected chi connectivity index (χ0v) is 9.74. The highest BCUT2D eigenvalue weighted by Gasteiger charge is 2.27. The topological polar surface area (TPSA) is 66.5 Å². The molecule has 0 aliphatic carbocycles. The zero-order chi connectivity index (χ0) is 12.4. The van der Waals surface area contributed by atoms with E-state index in [1.807, 2.05) is 0 Å². The fourth-order valence-electron chi connectivity index (χ4n) is 1.61. The lowest BCUT2D eigenvalue weighted by Gasteiger charge is -2.25. The molecule has 1 saturated heterocycles. The lowest BCUT2D eigenvalue weighted by molar-refractivity contribution is -0.135. The van der Waals surface area contributed by atoms with Gasteiger partial charge in [-0.2, -0.15) is 0 Å². The lowest BCUT2D eigenvalue weighted by Crippen LogP contribution is -2.53. The van der Waals surface area contributed by atoms with Gasteiger partial charge >= 0.3 is 0 Å². The summed E-state index contributed by atoms with van der Waals surface area (Å²) in [6.07, 6.45) is 0. The van der Waals surface area contributed by atoms with Crippen molar-refractivity contribution in [1.29, 1.82) is 0 Å². The van der Waals surface area contributed by atoms with Crippen LogP contribution in [-0.2, 0) is 9.59 Å². The summed E-state index contributed by atoms with van der Waals surface area (Å²) < 4.78 is 0. The van der Waals surface area contributed by atoms with E-state index in [0.29, 0.717) is 10.5 Å². The number of hydrogen-bond donors (Lipinski definition) is 2. The van der Waals surface area contributed by atoms with Crippen molar-refractivity contribution in [1.82, 2.24) is 10.2 Å². The molecule has 1 fully saturated rings. The maximum absolute atomic E-state index is 12.1. The maximum atomic E-state index is 12.1. The van der Waals surface area contributed by atoms with Crippen molar-refractivity contribution in [2.45, 2.75) is 4.90 Å². The Hall–Kier alpha value is -1.82. The molecular weight excluding hydrogens is 240 g/mol. The van der Waals surface area contributed by atoms with Gasteiger partial charge in [0.05, 0.1) is 5.56 Å². The van der Waals surface area contributed by atoms with Crippen molar-refractivity contribution in [2.75, 3.05) is 13.1 Å². The van der Waals surface area contributed by atoms with Crippen LogP contribution in [0.2, 0.25) is 0 Å². The van der Waals surface area contributed by atoms with Crippen LogP contribution in [0.3, 0.4) is 0 Å². The molecule has 6 heteroatoms. The Morgan fingerprint density at radius 3 is 2.35 bits per heavy atom. The van der Waals surface area contributed by atoms with Gasteiger partial charge in [-0.05, 0) is 12.1 Å². The Morgan fingerprint density at radius 2 is 1.76 bits per heavy atom. The number of carbonyl (C=O) groups is 3. The molecule has 0 aromatic heterocycles. The van der Waals surface area contributed by atoms with Crippen LogP contribution in [0.1, 0.15) is 10.4 Å². The van der Waals surface area contributed by atoms with Gasteiger partial charge in [-0.1, -0.05) is 12.1 Å². The van der Waals surface area contributed by atoms with Crippen LogP contribution in [0.5, 0.6) is 0 Å². The number of nitrogens with one attached hydrogen (secondary N) is 1. The molecule has 0 radical (unpaired) electrons. The Labute approximate surface area is 103 Å². The highest BCUT2D eigenvalue weighted by Crippen LogP contribution is 2.15. The summed E-state index contributed by atoms with van der Waals surface area (Å²) >= 11 is 4.17. The average Bonchev–Trinajstić information content (AvgIpc) is 2.27. The predicted molar refractivity (Wildman–Crippen MR) is 62.7 cm³/mol. The Balaban J connectivity index is 2.23. The first-order valence-corrected chi connectivity index (χ1v) is 5.42. The monoisotopic (exact) mass is 250 g/mol. The van der Waals surface area contributed by atoms with E-state index in [0.717, 1.165) is 0 Å². The second-order valence-electron chi connectivity index (χ2n) is 3.65. The summed E-state index contributed by atoms with van der Waals surface area (Å²) in [4.78, 5) is 36.1. The number of amides is 3. The van der Waals surface area contributed by atoms with Crippen LogP contribution in [0.4, 0.5) is 0 Å². The quantitative estimate of drug-likeness (QED) is 0.547. The van der Waals surface area contributed by atoms with Crippen molar-refractivity contribution >= 4 is 30.4 Å². The highest BCUT2D eigenvalue weighted by molar-refractivity contribution is 7.80. The van der Waals surface area contributed by atoms with E-state index in [9.17, 15) is 14.4 Å². The van der Waals surface area contributed by atoms with Crippen molar-refractivity contribution in [3.05, 3.63) is 29.8 Å². The van der Waals surface area contributed by atoms with Crippen molar-refractivity contribution in [3.63, 3.8) is 0 Å². The maximum Gasteiger partial charge on any atom is 0.255 e. The number of hydrogen-bond acceptors (Lipinski definition) is 4. The van der Waals surface area contributed by atoms with E-state index >= 15 is 0 Å². The molecule has 1 N–H and O–H groups in total. The first kappa shape index (κ1) is 11.7. The van der Waals surface area contributed by atoms with E-state index < -0.39 is 11.8 Å². The van der Waals surface area contributed by atoms with Gasteiger partial charge in [-0.15, -0.1) is 12.6 Å². The van der Waals surface area contributed by atoms with Crippen LogP contribution >= 0.6 is 12.6 Å². The molecule has 0 unspecified atom stereocenters. The van der Waals surface area contributed by atoms with E-state index in [1.54, 1.807) is 24.3 Å². The van der Waals surface area contributed by atoms with Crippen LogP contribution in [0.25, 0.3) is 0 Å². The third-order valence-corrected chi connectivity index (χ3v) is 2.76. The molecule has 1 aliphatic heterocycles. The van der Waals surface area contributed by atoms with Gasteiger partial charge in [-0.3, -0.25) is 19.7 Å². The fourth-order valence-corrected chi connectivity index (χ4v) is 1.86. The Morgan fingerprint density at radius 1 is 1.18 bits per heavy atom. The zero-order valence-electron chi connectivity index (χ0n) is 8.84. The molecule has 1 aliphatic rings. The second kappa shape index (κ2) is 4.58. The molecule has 1 aromatic carbocycles. The van der Waals surface area contributed by atoms with Gasteiger partial charge < -0.3 is 4.90 Å². The molecule has 5 nitrogen and oxygen atoms in total. The molecule has 1 heterocycles. The van der Waals surface area contributed by atoms with Gasteiger partial charge in [0.2, 0.25) is 11.8 Å². The van der Waals surface area contributed by atoms with E-state index in [2.05, 4.69) is 17.9 Å². The van der Waals surface area contributed by atoms with Gasteiger partial charge in [0.1, 0.15) is 13.1 Å². The smallest absolute Gasteiger partial charge is 0.255 e. The van der Waals surface area contributed by atoms with Crippen LogP contribution in [0.15, 0.2) is 29.2 Å². The van der Waals surface area contributed by atoms with Gasteiger partial charge in [0, 0.05) is 4.90 Å². The van der Waals surface area contributed by atoms with E-state index in [1.165, 1.54) is 4.90 Å².